The Morgan fingerprint density at radius 2 is 1.89 bits per heavy atom. The van der Waals surface area contributed by atoms with Crippen molar-refractivity contribution in [3.8, 4) is 5.75 Å². The molecule has 4 N–H and O–H groups in total. The van der Waals surface area contributed by atoms with E-state index in [1.54, 1.807) is 18.2 Å². The van der Waals surface area contributed by atoms with Crippen molar-refractivity contribution < 1.29 is 14.3 Å². The van der Waals surface area contributed by atoms with E-state index in [4.69, 9.17) is 33.7 Å². The summed E-state index contributed by atoms with van der Waals surface area (Å²) in [7, 11) is 0. The summed E-state index contributed by atoms with van der Waals surface area (Å²) in [6.45, 7) is 1.81. The van der Waals surface area contributed by atoms with Crippen LogP contribution in [0.5, 0.6) is 5.75 Å². The Hall–Kier alpha value is -1.54. The number of carbonyl (C=O) groups is 2. The molecule has 1 aromatic carbocycles. The van der Waals surface area contributed by atoms with Gasteiger partial charge in [-0.1, -0.05) is 23.2 Å². The number of rotatable bonds is 5. The summed E-state index contributed by atoms with van der Waals surface area (Å²) in [5.74, 6) is 0.519. The van der Waals surface area contributed by atoms with Gasteiger partial charge in [-0.3, -0.25) is 9.59 Å². The molecule has 0 bridgehead atoms. The largest absolute Gasteiger partial charge is 0.490 e. The molecule has 0 saturated carbocycles. The summed E-state index contributed by atoms with van der Waals surface area (Å²) in [6, 6.07) is 4.82. The lowest BCUT2D eigenvalue weighted by atomic mass is 10.1. The summed E-state index contributed by atoms with van der Waals surface area (Å²) in [4.78, 5) is 25.9. The molecule has 0 aromatic heterocycles. The molecule has 0 radical (unpaired) electrons. The van der Waals surface area contributed by atoms with Crippen LogP contribution in [-0.2, 0) is 9.59 Å². The van der Waals surface area contributed by atoms with Gasteiger partial charge in [-0.15, -0.1) is 0 Å². The predicted octanol–water partition coefficient (Wildman–Crippen LogP) is 1.17. The molecule has 27 heavy (non-hydrogen) atoms. The van der Waals surface area contributed by atoms with Gasteiger partial charge in [0.2, 0.25) is 11.8 Å². The Labute approximate surface area is 168 Å². The van der Waals surface area contributed by atoms with Crippen LogP contribution in [0.4, 0.5) is 0 Å². The highest BCUT2D eigenvalue weighted by Gasteiger charge is 2.34. The van der Waals surface area contributed by atoms with E-state index in [-0.39, 0.29) is 36.5 Å². The zero-order valence-electron chi connectivity index (χ0n) is 14.9. The molecular formula is C18H24Cl2N4O3. The van der Waals surface area contributed by atoms with E-state index in [0.717, 1.165) is 12.8 Å². The van der Waals surface area contributed by atoms with E-state index < -0.39 is 0 Å². The maximum atomic E-state index is 12.7. The third kappa shape index (κ3) is 5.48. The smallest absolute Gasteiger partial charge is 0.239 e. The fourth-order valence-electron chi connectivity index (χ4n) is 3.52. The second-order valence-corrected chi connectivity index (χ2v) is 7.79. The molecule has 2 heterocycles. The summed E-state index contributed by atoms with van der Waals surface area (Å²) in [6.07, 6.45) is 2.10. The Bertz CT molecular complexity index is 675. The molecule has 7 nitrogen and oxygen atoms in total. The monoisotopic (exact) mass is 414 g/mol. The lowest BCUT2D eigenvalue weighted by Gasteiger charge is -2.33. The number of piperidine rings is 1. The van der Waals surface area contributed by atoms with Crippen molar-refractivity contribution >= 4 is 35.0 Å². The number of nitrogens with zero attached hydrogens (tertiary/aromatic N) is 1. The Kier molecular flexibility index (Phi) is 6.81. The van der Waals surface area contributed by atoms with Crippen LogP contribution >= 0.6 is 23.2 Å². The average Bonchev–Trinajstić information content (AvgIpc) is 3.09. The molecule has 2 fully saturated rings. The first kappa shape index (κ1) is 20.2. The molecule has 148 valence electrons. The van der Waals surface area contributed by atoms with Crippen LogP contribution < -0.4 is 21.1 Å². The van der Waals surface area contributed by atoms with Gasteiger partial charge in [0, 0.05) is 48.6 Å². The number of nitrogens with one attached hydrogen (secondary N) is 2. The van der Waals surface area contributed by atoms with E-state index in [1.165, 1.54) is 0 Å². The number of carbonyl (C=O) groups excluding carboxylic acids is 2. The van der Waals surface area contributed by atoms with Gasteiger partial charge in [0.1, 0.15) is 11.9 Å². The Morgan fingerprint density at radius 3 is 2.52 bits per heavy atom. The molecule has 2 amide bonds. The fraction of sp³-hybridized carbons (Fsp3) is 0.556. The number of hydrogen-bond donors (Lipinski definition) is 3. The molecule has 9 heteroatoms. The summed E-state index contributed by atoms with van der Waals surface area (Å²) >= 11 is 12.0. The molecule has 3 rings (SSSR count). The highest BCUT2D eigenvalue weighted by Crippen LogP contribution is 2.27. The Balaban J connectivity index is 1.46. The van der Waals surface area contributed by atoms with Crippen LogP contribution in [0.15, 0.2) is 18.2 Å². The third-order valence-electron chi connectivity index (χ3n) is 4.87. The third-order valence-corrected chi connectivity index (χ3v) is 5.31. The quantitative estimate of drug-likeness (QED) is 0.671. The van der Waals surface area contributed by atoms with Crippen molar-refractivity contribution in [3.63, 3.8) is 0 Å². The second-order valence-electron chi connectivity index (χ2n) is 6.91. The average molecular weight is 415 g/mol. The highest BCUT2D eigenvalue weighted by atomic mass is 35.5. The van der Waals surface area contributed by atoms with Gasteiger partial charge < -0.3 is 26.0 Å². The first-order chi connectivity index (χ1) is 12.9. The van der Waals surface area contributed by atoms with Gasteiger partial charge in [-0.05, 0) is 24.6 Å². The van der Waals surface area contributed by atoms with Crippen LogP contribution in [0.25, 0.3) is 0 Å². The zero-order valence-corrected chi connectivity index (χ0v) is 16.4. The summed E-state index contributed by atoms with van der Waals surface area (Å²) in [5, 5.41) is 7.08. The highest BCUT2D eigenvalue weighted by molar-refractivity contribution is 6.34. The molecule has 2 aliphatic rings. The van der Waals surface area contributed by atoms with Crippen molar-refractivity contribution in [1.82, 2.24) is 15.5 Å². The van der Waals surface area contributed by atoms with Gasteiger partial charge in [-0.2, -0.15) is 0 Å². The predicted molar refractivity (Wildman–Crippen MR) is 104 cm³/mol. The van der Waals surface area contributed by atoms with E-state index in [9.17, 15) is 9.59 Å². The van der Waals surface area contributed by atoms with Crippen LogP contribution in [0, 0.1) is 0 Å². The molecule has 2 atom stereocenters. The normalized spacial score (nSPS) is 23.3. The lowest BCUT2D eigenvalue weighted by molar-refractivity contribution is -0.135. The Morgan fingerprint density at radius 1 is 1.22 bits per heavy atom. The van der Waals surface area contributed by atoms with E-state index >= 15 is 0 Å². The summed E-state index contributed by atoms with van der Waals surface area (Å²) < 4.78 is 5.96. The molecule has 0 aliphatic carbocycles. The molecule has 2 unspecified atom stereocenters. The minimum absolute atomic E-state index is 0.0247. The maximum absolute atomic E-state index is 12.7. The molecule has 0 spiro atoms. The minimum Gasteiger partial charge on any atom is -0.490 e. The molecule has 1 aromatic rings. The zero-order chi connectivity index (χ0) is 19.4. The van der Waals surface area contributed by atoms with Crippen LogP contribution in [0.2, 0.25) is 10.0 Å². The van der Waals surface area contributed by atoms with Crippen molar-refractivity contribution in [3.05, 3.63) is 28.2 Å². The van der Waals surface area contributed by atoms with Crippen molar-refractivity contribution in [2.24, 2.45) is 5.73 Å². The van der Waals surface area contributed by atoms with E-state index in [2.05, 4.69) is 10.6 Å². The van der Waals surface area contributed by atoms with E-state index in [0.29, 0.717) is 41.8 Å². The standard InChI is InChI=1S/C18H24Cl2N4O3/c19-11-5-12(20)7-15(6-11)27-14-1-3-24(4-2-14)18(26)16-8-13(10-22-16)23-17(25)9-21/h5-7,13-14,16,22H,1-4,8-10,21H2,(H,23,25). The number of amides is 2. The second kappa shape index (κ2) is 9.10. The minimum atomic E-state index is -0.266. The fourth-order valence-corrected chi connectivity index (χ4v) is 4.03. The molecule has 2 aliphatic heterocycles. The number of halogens is 2. The van der Waals surface area contributed by atoms with Crippen molar-refractivity contribution in [2.45, 2.75) is 37.5 Å². The SMILES string of the molecule is NCC(=O)NC1CNC(C(=O)N2CCC(Oc3cc(Cl)cc(Cl)c3)CC2)C1. The maximum Gasteiger partial charge on any atom is 0.239 e. The first-order valence-corrected chi connectivity index (χ1v) is 9.84. The van der Waals surface area contributed by atoms with Gasteiger partial charge in [0.05, 0.1) is 12.6 Å². The number of ether oxygens (including phenoxy) is 1. The van der Waals surface area contributed by atoms with E-state index in [1.807, 2.05) is 4.90 Å². The molecular weight excluding hydrogens is 391 g/mol. The number of nitrogens with two attached hydrogens (primary N) is 1. The van der Waals surface area contributed by atoms with Crippen molar-refractivity contribution in [1.29, 1.82) is 0 Å². The van der Waals surface area contributed by atoms with Crippen LogP contribution in [0.3, 0.4) is 0 Å². The van der Waals surface area contributed by atoms with Gasteiger partial charge >= 0.3 is 0 Å². The van der Waals surface area contributed by atoms with Gasteiger partial charge in [0.15, 0.2) is 0 Å². The van der Waals surface area contributed by atoms with Gasteiger partial charge in [0.25, 0.3) is 0 Å². The first-order valence-electron chi connectivity index (χ1n) is 9.09. The summed E-state index contributed by atoms with van der Waals surface area (Å²) in [5.41, 5.74) is 5.31. The van der Waals surface area contributed by atoms with Gasteiger partial charge in [-0.25, -0.2) is 0 Å². The number of benzene rings is 1. The number of hydrogen-bond acceptors (Lipinski definition) is 5. The topological polar surface area (TPSA) is 96.7 Å². The van der Waals surface area contributed by atoms with Crippen molar-refractivity contribution in [2.75, 3.05) is 26.2 Å². The van der Waals surface area contributed by atoms with Crippen LogP contribution in [-0.4, -0.2) is 61.1 Å². The number of likely N-dealkylation sites (tertiary alicyclic amines) is 1. The lowest BCUT2D eigenvalue weighted by Crippen LogP contribution is -2.48. The molecule has 2 saturated heterocycles. The van der Waals surface area contributed by atoms with Crippen LogP contribution in [0.1, 0.15) is 19.3 Å².